The molecular formula is C74H69N3O2. The summed E-state index contributed by atoms with van der Waals surface area (Å²) in [5, 5.41) is 3.89. The molecule has 5 nitrogen and oxygen atoms in total. The Morgan fingerprint density at radius 1 is 0.418 bits per heavy atom. The van der Waals surface area contributed by atoms with Gasteiger partial charge in [0.1, 0.15) is 0 Å². The van der Waals surface area contributed by atoms with E-state index in [0.29, 0.717) is 17.2 Å². The number of fused-ring (bicyclic) bond motifs is 3. The van der Waals surface area contributed by atoms with Crippen molar-refractivity contribution in [3.63, 3.8) is 0 Å². The fraction of sp³-hybridized carbons (Fsp3) is 0.189. The van der Waals surface area contributed by atoms with Crippen molar-refractivity contribution in [2.45, 2.75) is 85.5 Å². The van der Waals surface area contributed by atoms with Crippen LogP contribution in [0.1, 0.15) is 83.6 Å². The number of rotatable bonds is 12. The van der Waals surface area contributed by atoms with E-state index in [0.717, 1.165) is 98.3 Å². The number of ether oxygens (including phenoxy) is 2. The molecule has 1 aliphatic heterocycles. The Bertz CT molecular complexity index is 3780. The van der Waals surface area contributed by atoms with Crippen molar-refractivity contribution in [2.24, 2.45) is 5.41 Å². The summed E-state index contributed by atoms with van der Waals surface area (Å²) in [6.07, 6.45) is 3.17. The molecule has 0 amide bonds. The lowest BCUT2D eigenvalue weighted by atomic mass is 9.63. The van der Waals surface area contributed by atoms with Crippen molar-refractivity contribution in [1.82, 2.24) is 0 Å². The first kappa shape index (κ1) is 51.0. The molecule has 0 radical (unpaired) electrons. The minimum Gasteiger partial charge on any atom is -0.449 e. The van der Waals surface area contributed by atoms with Crippen LogP contribution in [0.4, 0.5) is 45.5 Å². The first-order chi connectivity index (χ1) is 38.1. The molecule has 1 heterocycles. The van der Waals surface area contributed by atoms with Crippen molar-refractivity contribution in [2.75, 3.05) is 15.1 Å². The van der Waals surface area contributed by atoms with E-state index in [4.69, 9.17) is 9.47 Å². The third-order valence-electron chi connectivity index (χ3n) is 15.9. The van der Waals surface area contributed by atoms with Crippen LogP contribution in [-0.4, -0.2) is 0 Å². The normalized spacial score (nSPS) is 13.9. The fourth-order valence-corrected chi connectivity index (χ4v) is 11.7. The molecule has 2 aliphatic rings. The van der Waals surface area contributed by atoms with E-state index >= 15 is 0 Å². The van der Waals surface area contributed by atoms with Gasteiger partial charge in [0.15, 0.2) is 23.0 Å². The van der Waals surface area contributed by atoms with E-state index in [9.17, 15) is 0 Å². The van der Waals surface area contributed by atoms with Crippen LogP contribution in [-0.2, 0) is 17.3 Å². The van der Waals surface area contributed by atoms with Crippen molar-refractivity contribution in [3.05, 3.63) is 253 Å². The number of anilines is 8. The molecule has 1 aliphatic carbocycles. The topological polar surface area (TPSA) is 37.0 Å². The highest BCUT2D eigenvalue weighted by atomic mass is 16.6. The van der Waals surface area contributed by atoms with Crippen molar-refractivity contribution in [3.8, 4) is 56.4 Å². The molecule has 0 bridgehead atoms. The summed E-state index contributed by atoms with van der Waals surface area (Å²) in [6.45, 7) is 18.8. The maximum Gasteiger partial charge on any atom is 0.172 e. The zero-order chi connectivity index (χ0) is 54.5. The lowest BCUT2D eigenvalue weighted by Crippen LogP contribution is -2.34. The van der Waals surface area contributed by atoms with Crippen molar-refractivity contribution < 1.29 is 9.47 Å². The highest BCUT2D eigenvalue weighted by Crippen LogP contribution is 2.53. The lowest BCUT2D eigenvalue weighted by molar-refractivity contribution is 0.332. The Morgan fingerprint density at radius 3 is 1.54 bits per heavy atom. The molecule has 0 spiro atoms. The number of hydrogen-bond donors (Lipinski definition) is 1. The molecule has 392 valence electrons. The van der Waals surface area contributed by atoms with Gasteiger partial charge in [-0.3, -0.25) is 0 Å². The van der Waals surface area contributed by atoms with Crippen LogP contribution in [0.5, 0.6) is 23.0 Å². The van der Waals surface area contributed by atoms with Crippen LogP contribution in [0.25, 0.3) is 33.4 Å². The van der Waals surface area contributed by atoms with E-state index in [1.165, 1.54) is 27.8 Å². The highest BCUT2D eigenvalue weighted by Gasteiger charge is 2.38. The molecule has 79 heavy (non-hydrogen) atoms. The summed E-state index contributed by atoms with van der Waals surface area (Å²) in [5.41, 5.74) is 20.2. The second-order valence-corrected chi connectivity index (χ2v) is 24.1. The summed E-state index contributed by atoms with van der Waals surface area (Å²) < 4.78 is 13.7. The van der Waals surface area contributed by atoms with E-state index in [-0.39, 0.29) is 16.2 Å². The average molecular weight is 1030 g/mol. The molecule has 0 saturated carbocycles. The standard InChI is InChI=1S/C74H69N3O2/c1-50-40-64-65(74(7,8)39-38-73(64,5)6)47-67(50)77(61-31-21-30-60(45-61)76(58-26-17-11-18-27-58)59-28-19-12-20-29-59)62-43-55(53-24-15-10-16-25-53)42-56(44-62)63-46-70-71(79-69-41-51(49-72(2,3)4)32-37-68(69)78-70)48-66(63)75-57-35-33-54(34-36-57)52-22-13-9-14-23-52/h9-37,40-48,75H,38-39,49H2,1-8H3. The van der Waals surface area contributed by atoms with Crippen LogP contribution in [0, 0.1) is 12.3 Å². The Labute approximate surface area is 467 Å². The van der Waals surface area contributed by atoms with Gasteiger partial charge in [0.05, 0.1) is 5.69 Å². The molecule has 0 atom stereocenters. The SMILES string of the molecule is Cc1cc2c(cc1N(c1cc(-c3ccccc3)cc(-c3cc4c(cc3Nc3ccc(-c5ccccc5)cc3)Oc3cc(CC(C)(C)C)ccc3O4)c1)c1cccc(N(c3ccccc3)c3ccccc3)c1)C(C)(C)CCC2(C)C. The number of nitrogens with zero attached hydrogens (tertiary/aromatic N) is 2. The molecule has 12 rings (SSSR count). The molecular weight excluding hydrogens is 963 g/mol. The van der Waals surface area contributed by atoms with Crippen LogP contribution in [0.2, 0.25) is 0 Å². The average Bonchev–Trinajstić information content (AvgIpc) is 3.61. The van der Waals surface area contributed by atoms with Gasteiger partial charge in [-0.1, -0.05) is 176 Å². The quantitative estimate of drug-likeness (QED) is 0.132. The zero-order valence-corrected chi connectivity index (χ0v) is 46.8. The van der Waals surface area contributed by atoms with Crippen molar-refractivity contribution >= 4 is 45.5 Å². The molecule has 0 aromatic heterocycles. The van der Waals surface area contributed by atoms with Gasteiger partial charge in [-0.2, -0.15) is 0 Å². The summed E-state index contributed by atoms with van der Waals surface area (Å²) in [5.74, 6) is 2.73. The van der Waals surface area contributed by atoms with E-state index < -0.39 is 0 Å². The maximum absolute atomic E-state index is 6.87. The Hall–Kier alpha value is -8.80. The van der Waals surface area contributed by atoms with Gasteiger partial charge in [-0.15, -0.1) is 0 Å². The second kappa shape index (κ2) is 20.5. The Morgan fingerprint density at radius 2 is 0.924 bits per heavy atom. The van der Waals surface area contributed by atoms with E-state index in [1.54, 1.807) is 0 Å². The van der Waals surface area contributed by atoms with Gasteiger partial charge < -0.3 is 24.6 Å². The van der Waals surface area contributed by atoms with Crippen LogP contribution in [0.15, 0.2) is 231 Å². The molecule has 0 unspecified atom stereocenters. The third kappa shape index (κ3) is 10.5. The van der Waals surface area contributed by atoms with Crippen LogP contribution < -0.4 is 24.6 Å². The summed E-state index contributed by atoms with van der Waals surface area (Å²) in [6, 6.07) is 83.1. The number of benzene rings is 10. The predicted molar refractivity (Wildman–Crippen MR) is 332 cm³/mol. The third-order valence-corrected chi connectivity index (χ3v) is 15.9. The van der Waals surface area contributed by atoms with Crippen LogP contribution in [0.3, 0.4) is 0 Å². The van der Waals surface area contributed by atoms with Crippen molar-refractivity contribution in [1.29, 1.82) is 0 Å². The van der Waals surface area contributed by atoms with Gasteiger partial charge in [0.25, 0.3) is 0 Å². The second-order valence-electron chi connectivity index (χ2n) is 24.1. The van der Waals surface area contributed by atoms with Gasteiger partial charge >= 0.3 is 0 Å². The molecule has 0 saturated heterocycles. The summed E-state index contributed by atoms with van der Waals surface area (Å²) in [7, 11) is 0. The molecule has 10 aromatic rings. The number of para-hydroxylation sites is 2. The highest BCUT2D eigenvalue weighted by molar-refractivity contribution is 5.92. The smallest absolute Gasteiger partial charge is 0.172 e. The largest absolute Gasteiger partial charge is 0.449 e. The van der Waals surface area contributed by atoms with E-state index in [2.05, 4.69) is 301 Å². The predicted octanol–water partition coefficient (Wildman–Crippen LogP) is 21.5. The number of hydrogen-bond acceptors (Lipinski definition) is 5. The summed E-state index contributed by atoms with van der Waals surface area (Å²) in [4.78, 5) is 4.85. The van der Waals surface area contributed by atoms with Gasteiger partial charge in [0.2, 0.25) is 0 Å². The van der Waals surface area contributed by atoms with E-state index in [1.807, 2.05) is 0 Å². The minimum absolute atomic E-state index is 0.0207. The number of nitrogens with one attached hydrogen (secondary N) is 1. The monoisotopic (exact) mass is 1030 g/mol. The molecule has 5 heteroatoms. The fourth-order valence-electron chi connectivity index (χ4n) is 11.7. The first-order valence-electron chi connectivity index (χ1n) is 27.9. The first-order valence-corrected chi connectivity index (χ1v) is 27.9. The van der Waals surface area contributed by atoms with Gasteiger partial charge in [-0.25, -0.2) is 0 Å². The zero-order valence-electron chi connectivity index (χ0n) is 46.8. The molecule has 0 fully saturated rings. The van der Waals surface area contributed by atoms with Gasteiger partial charge in [-0.05, 0) is 190 Å². The van der Waals surface area contributed by atoms with Gasteiger partial charge in [0, 0.05) is 51.4 Å². The molecule has 10 aromatic carbocycles. The molecule has 1 N–H and O–H groups in total. The number of aryl methyl sites for hydroxylation is 1. The minimum atomic E-state index is -0.0207. The summed E-state index contributed by atoms with van der Waals surface area (Å²) >= 11 is 0. The Balaban J connectivity index is 1.08. The Kier molecular flexibility index (Phi) is 13.3. The van der Waals surface area contributed by atoms with Crippen LogP contribution >= 0.6 is 0 Å². The maximum atomic E-state index is 6.87. The lowest BCUT2D eigenvalue weighted by Gasteiger charge is -2.43.